The predicted molar refractivity (Wildman–Crippen MR) is 111 cm³/mol. The number of benzene rings is 1. The van der Waals surface area contributed by atoms with E-state index in [1.807, 2.05) is 36.4 Å². The minimum atomic E-state index is 0.303. The number of rotatable bonds is 6. The van der Waals surface area contributed by atoms with E-state index in [9.17, 15) is 0 Å². The van der Waals surface area contributed by atoms with E-state index < -0.39 is 0 Å². The van der Waals surface area contributed by atoms with Crippen molar-refractivity contribution in [1.29, 1.82) is 0 Å². The Kier molecular flexibility index (Phi) is 5.80. The summed E-state index contributed by atoms with van der Waals surface area (Å²) in [5.41, 5.74) is 2.89. The Hall–Kier alpha value is -2.22. The van der Waals surface area contributed by atoms with Gasteiger partial charge < -0.3 is 10.6 Å². The number of para-hydroxylation sites is 1. The van der Waals surface area contributed by atoms with E-state index >= 15 is 0 Å². The van der Waals surface area contributed by atoms with Gasteiger partial charge >= 0.3 is 0 Å². The summed E-state index contributed by atoms with van der Waals surface area (Å²) in [5.74, 6) is 1.38. The molecule has 3 rings (SSSR count). The number of aromatic nitrogens is 3. The van der Waals surface area contributed by atoms with Crippen LogP contribution in [0.25, 0.3) is 11.3 Å². The Bertz CT molecular complexity index is 838. The minimum Gasteiger partial charge on any atom is -0.352 e. The van der Waals surface area contributed by atoms with Crippen molar-refractivity contribution < 1.29 is 0 Å². The summed E-state index contributed by atoms with van der Waals surface area (Å²) in [5, 5.41) is 6.76. The van der Waals surface area contributed by atoms with Crippen molar-refractivity contribution in [3.05, 3.63) is 58.4 Å². The fraction of sp³-hybridized carbons (Fsp3) is 0.211. The molecule has 0 aliphatic heterocycles. The van der Waals surface area contributed by atoms with Crippen LogP contribution in [0.15, 0.2) is 54.9 Å². The summed E-state index contributed by atoms with van der Waals surface area (Å²) in [7, 11) is 0. The largest absolute Gasteiger partial charge is 0.352 e. The molecule has 3 aromatic rings. The van der Waals surface area contributed by atoms with E-state index in [1.165, 1.54) is 0 Å². The zero-order valence-electron chi connectivity index (χ0n) is 14.2. The van der Waals surface area contributed by atoms with Crippen LogP contribution in [0.2, 0.25) is 0 Å². The van der Waals surface area contributed by atoms with Crippen LogP contribution in [0.5, 0.6) is 0 Å². The standard InChI is InChI=1S/C19H20IN5/c1-3-13(2)22-19-24-17(14-8-10-21-11-9-14)12-18(25-19)23-16-7-5-4-6-15(16)20/h4-13H,3H2,1-2H3,(H2,22,23,24,25)/t13-/m1/s1. The zero-order valence-corrected chi connectivity index (χ0v) is 16.4. The molecule has 2 heterocycles. The number of pyridine rings is 1. The molecule has 0 amide bonds. The highest BCUT2D eigenvalue weighted by molar-refractivity contribution is 14.1. The summed E-state index contributed by atoms with van der Waals surface area (Å²) in [4.78, 5) is 13.4. The first kappa shape index (κ1) is 17.6. The Morgan fingerprint density at radius 3 is 2.56 bits per heavy atom. The van der Waals surface area contributed by atoms with Crippen molar-refractivity contribution in [2.75, 3.05) is 10.6 Å². The highest BCUT2D eigenvalue weighted by Crippen LogP contribution is 2.25. The summed E-state index contributed by atoms with van der Waals surface area (Å²) in [6.07, 6.45) is 4.54. The average Bonchev–Trinajstić information content (AvgIpc) is 2.64. The second kappa shape index (κ2) is 8.24. The molecule has 6 heteroatoms. The van der Waals surface area contributed by atoms with E-state index in [2.05, 4.69) is 68.1 Å². The van der Waals surface area contributed by atoms with Crippen molar-refractivity contribution in [3.8, 4) is 11.3 Å². The van der Waals surface area contributed by atoms with Gasteiger partial charge in [0.1, 0.15) is 5.82 Å². The van der Waals surface area contributed by atoms with Gasteiger partial charge in [0.25, 0.3) is 0 Å². The lowest BCUT2D eigenvalue weighted by atomic mass is 10.2. The molecule has 0 radical (unpaired) electrons. The molecule has 0 aliphatic rings. The zero-order chi connectivity index (χ0) is 17.6. The maximum absolute atomic E-state index is 4.66. The fourth-order valence-corrected chi connectivity index (χ4v) is 2.79. The van der Waals surface area contributed by atoms with Crippen molar-refractivity contribution in [2.24, 2.45) is 0 Å². The fourth-order valence-electron chi connectivity index (χ4n) is 2.27. The molecule has 128 valence electrons. The van der Waals surface area contributed by atoms with Crippen molar-refractivity contribution in [3.63, 3.8) is 0 Å². The number of nitrogens with zero attached hydrogens (tertiary/aromatic N) is 3. The molecule has 0 saturated heterocycles. The minimum absolute atomic E-state index is 0.303. The Labute approximate surface area is 161 Å². The quantitative estimate of drug-likeness (QED) is 0.518. The van der Waals surface area contributed by atoms with Crippen molar-refractivity contribution in [2.45, 2.75) is 26.3 Å². The maximum atomic E-state index is 4.66. The summed E-state index contributed by atoms with van der Waals surface area (Å²) >= 11 is 2.31. The first-order chi connectivity index (χ1) is 12.2. The molecule has 1 atom stereocenters. The lowest BCUT2D eigenvalue weighted by Crippen LogP contribution is -2.16. The van der Waals surface area contributed by atoms with Gasteiger partial charge in [-0.1, -0.05) is 19.1 Å². The molecule has 0 unspecified atom stereocenters. The van der Waals surface area contributed by atoms with Crippen LogP contribution in [0, 0.1) is 3.57 Å². The highest BCUT2D eigenvalue weighted by atomic mass is 127. The lowest BCUT2D eigenvalue weighted by molar-refractivity contribution is 0.753. The molecule has 0 fully saturated rings. The van der Waals surface area contributed by atoms with Crippen LogP contribution in [0.3, 0.4) is 0 Å². The van der Waals surface area contributed by atoms with Crippen molar-refractivity contribution >= 4 is 40.0 Å². The van der Waals surface area contributed by atoms with Gasteiger partial charge in [0.05, 0.1) is 11.4 Å². The van der Waals surface area contributed by atoms with E-state index in [0.29, 0.717) is 12.0 Å². The monoisotopic (exact) mass is 445 g/mol. The molecule has 0 aliphatic carbocycles. The van der Waals surface area contributed by atoms with Gasteiger partial charge in [-0.3, -0.25) is 4.98 Å². The first-order valence-electron chi connectivity index (χ1n) is 8.23. The van der Waals surface area contributed by atoms with Gasteiger partial charge in [-0.05, 0) is 60.2 Å². The number of anilines is 3. The van der Waals surface area contributed by atoms with Gasteiger partial charge in [0.2, 0.25) is 5.95 Å². The van der Waals surface area contributed by atoms with Crippen LogP contribution in [-0.4, -0.2) is 21.0 Å². The van der Waals surface area contributed by atoms with Crippen LogP contribution < -0.4 is 10.6 Å². The number of halogens is 1. The molecule has 2 aromatic heterocycles. The second-order valence-corrected chi connectivity index (χ2v) is 6.92. The molecule has 1 aromatic carbocycles. The van der Waals surface area contributed by atoms with Crippen molar-refractivity contribution in [1.82, 2.24) is 15.0 Å². The summed E-state index contributed by atoms with van der Waals surface area (Å²) in [6, 6.07) is 14.3. The Morgan fingerprint density at radius 2 is 1.84 bits per heavy atom. The molecular weight excluding hydrogens is 425 g/mol. The second-order valence-electron chi connectivity index (χ2n) is 5.76. The molecule has 2 N–H and O–H groups in total. The molecule has 25 heavy (non-hydrogen) atoms. The van der Waals surface area contributed by atoms with E-state index in [4.69, 9.17) is 0 Å². The third-order valence-corrected chi connectivity index (χ3v) is 4.77. The van der Waals surface area contributed by atoms with E-state index in [1.54, 1.807) is 12.4 Å². The Balaban J connectivity index is 1.99. The lowest BCUT2D eigenvalue weighted by Gasteiger charge is -2.15. The first-order valence-corrected chi connectivity index (χ1v) is 9.31. The van der Waals surface area contributed by atoms with Crippen LogP contribution >= 0.6 is 22.6 Å². The van der Waals surface area contributed by atoms with Crippen LogP contribution in [0.1, 0.15) is 20.3 Å². The normalized spacial score (nSPS) is 11.8. The maximum Gasteiger partial charge on any atom is 0.225 e. The van der Waals surface area contributed by atoms with Gasteiger partial charge in [0.15, 0.2) is 0 Å². The molecular formula is C19H20IN5. The third-order valence-electron chi connectivity index (χ3n) is 3.83. The van der Waals surface area contributed by atoms with Gasteiger partial charge in [-0.15, -0.1) is 0 Å². The molecule has 0 bridgehead atoms. The highest BCUT2D eigenvalue weighted by Gasteiger charge is 2.10. The molecule has 0 spiro atoms. The predicted octanol–water partition coefficient (Wildman–Crippen LogP) is 5.10. The third kappa shape index (κ3) is 4.66. The van der Waals surface area contributed by atoms with E-state index in [0.717, 1.165) is 32.8 Å². The average molecular weight is 445 g/mol. The topological polar surface area (TPSA) is 62.7 Å². The summed E-state index contributed by atoms with van der Waals surface area (Å²) < 4.78 is 1.14. The summed E-state index contributed by atoms with van der Waals surface area (Å²) in [6.45, 7) is 4.26. The van der Waals surface area contributed by atoms with Gasteiger partial charge in [0, 0.05) is 33.6 Å². The number of hydrogen-bond acceptors (Lipinski definition) is 5. The number of nitrogens with one attached hydrogen (secondary N) is 2. The van der Waals surface area contributed by atoms with Crippen LogP contribution in [0.4, 0.5) is 17.5 Å². The number of hydrogen-bond donors (Lipinski definition) is 2. The van der Waals surface area contributed by atoms with E-state index in [-0.39, 0.29) is 0 Å². The van der Waals surface area contributed by atoms with Crippen LogP contribution in [-0.2, 0) is 0 Å². The SMILES string of the molecule is CC[C@@H](C)Nc1nc(Nc2ccccc2I)cc(-c2ccncc2)n1. The molecule has 0 saturated carbocycles. The smallest absolute Gasteiger partial charge is 0.225 e. The molecule has 5 nitrogen and oxygen atoms in total. The van der Waals surface area contributed by atoms with Gasteiger partial charge in [-0.25, -0.2) is 4.98 Å². The Morgan fingerprint density at radius 1 is 1.08 bits per heavy atom. The van der Waals surface area contributed by atoms with Gasteiger partial charge in [-0.2, -0.15) is 4.98 Å².